The molecule has 1 N–H and O–H groups in total. The van der Waals surface area contributed by atoms with Gasteiger partial charge in [0.2, 0.25) is 5.91 Å². The van der Waals surface area contributed by atoms with Crippen LogP contribution in [0.2, 0.25) is 0 Å². The molecule has 2 amide bonds. The van der Waals surface area contributed by atoms with Crippen molar-refractivity contribution in [1.82, 2.24) is 10.2 Å². The highest BCUT2D eigenvalue weighted by Crippen LogP contribution is 2.25. The normalized spacial score (nSPS) is 10.3. The number of esters is 1. The number of benzene rings is 1. The molecule has 0 aliphatic heterocycles. The van der Waals surface area contributed by atoms with Gasteiger partial charge in [0.05, 0.1) is 6.54 Å². The number of rotatable bonds is 5. The first-order valence-corrected chi connectivity index (χ1v) is 7.43. The predicted molar refractivity (Wildman–Crippen MR) is 83.8 cm³/mol. The molecule has 0 bridgehead atoms. The predicted octanol–water partition coefficient (Wildman–Crippen LogP) is 1.26. The zero-order valence-electron chi connectivity index (χ0n) is 12.3. The molecule has 6 nitrogen and oxygen atoms in total. The van der Waals surface area contributed by atoms with Crippen LogP contribution in [0.25, 0.3) is 10.1 Å². The fourth-order valence-electron chi connectivity index (χ4n) is 1.77. The lowest BCUT2D eigenvalue weighted by molar-refractivity contribution is -0.137. The molecule has 0 saturated carbocycles. The zero-order chi connectivity index (χ0) is 16.1. The lowest BCUT2D eigenvalue weighted by Crippen LogP contribution is -2.39. The topological polar surface area (TPSA) is 75.7 Å². The third-order valence-corrected chi connectivity index (χ3v) is 4.13. The Morgan fingerprint density at radius 3 is 2.68 bits per heavy atom. The van der Waals surface area contributed by atoms with E-state index in [0.717, 1.165) is 10.1 Å². The van der Waals surface area contributed by atoms with Crippen LogP contribution in [0.5, 0.6) is 0 Å². The summed E-state index contributed by atoms with van der Waals surface area (Å²) in [5.74, 6) is -1.26. The molecular formula is C15H16N2O4S. The van der Waals surface area contributed by atoms with Crippen molar-refractivity contribution < 1.29 is 19.1 Å². The fraction of sp³-hybridized carbons (Fsp3) is 0.267. The summed E-state index contributed by atoms with van der Waals surface area (Å²) in [7, 11) is 2.97. The molecule has 0 atom stereocenters. The number of carbonyl (C=O) groups excluding carboxylic acids is 3. The average molecular weight is 320 g/mol. The third kappa shape index (κ3) is 3.82. The first-order valence-electron chi connectivity index (χ1n) is 6.61. The van der Waals surface area contributed by atoms with Crippen LogP contribution in [0.15, 0.2) is 30.3 Å². The maximum Gasteiger partial charge on any atom is 0.348 e. The van der Waals surface area contributed by atoms with E-state index in [1.807, 2.05) is 24.3 Å². The second-order valence-electron chi connectivity index (χ2n) is 4.65. The van der Waals surface area contributed by atoms with Gasteiger partial charge >= 0.3 is 5.97 Å². The minimum atomic E-state index is -0.539. The number of hydrogen-bond donors (Lipinski definition) is 1. The molecule has 1 heterocycles. The molecule has 0 unspecified atom stereocenters. The molecule has 2 rings (SSSR count). The number of hydrogen-bond acceptors (Lipinski definition) is 5. The van der Waals surface area contributed by atoms with Gasteiger partial charge in [-0.05, 0) is 17.5 Å². The first-order chi connectivity index (χ1) is 10.5. The van der Waals surface area contributed by atoms with Crippen molar-refractivity contribution in [2.75, 3.05) is 27.2 Å². The van der Waals surface area contributed by atoms with Crippen LogP contribution in [-0.4, -0.2) is 49.9 Å². The Bertz CT molecular complexity index is 677. The number of likely N-dealkylation sites (N-methyl/N-ethyl adjacent to an activating group) is 2. The minimum absolute atomic E-state index is 0.0736. The van der Waals surface area contributed by atoms with Gasteiger partial charge in [-0.3, -0.25) is 9.59 Å². The summed E-state index contributed by atoms with van der Waals surface area (Å²) < 4.78 is 5.99. The molecule has 116 valence electrons. The van der Waals surface area contributed by atoms with Crippen LogP contribution in [0.4, 0.5) is 0 Å². The molecule has 0 radical (unpaired) electrons. The van der Waals surface area contributed by atoms with Gasteiger partial charge in [-0.15, -0.1) is 11.3 Å². The highest BCUT2D eigenvalue weighted by atomic mass is 32.1. The fourth-order valence-corrected chi connectivity index (χ4v) is 2.73. The summed E-state index contributed by atoms with van der Waals surface area (Å²) in [5, 5.41) is 3.38. The van der Waals surface area contributed by atoms with E-state index in [2.05, 4.69) is 5.32 Å². The van der Waals surface area contributed by atoms with Crippen LogP contribution >= 0.6 is 11.3 Å². The summed E-state index contributed by atoms with van der Waals surface area (Å²) in [4.78, 5) is 36.6. The summed E-state index contributed by atoms with van der Waals surface area (Å²) in [6.07, 6.45) is 0. The highest BCUT2D eigenvalue weighted by molar-refractivity contribution is 7.20. The molecule has 1 aromatic carbocycles. The van der Waals surface area contributed by atoms with Crippen molar-refractivity contribution in [3.8, 4) is 0 Å². The monoisotopic (exact) mass is 320 g/mol. The van der Waals surface area contributed by atoms with Gasteiger partial charge in [0.1, 0.15) is 4.88 Å². The SMILES string of the molecule is CNC(=O)CN(C)C(=O)COC(=O)c1cc2ccccc2s1. The molecule has 0 aliphatic carbocycles. The van der Waals surface area contributed by atoms with Crippen molar-refractivity contribution in [3.63, 3.8) is 0 Å². The first kappa shape index (κ1) is 16.0. The van der Waals surface area contributed by atoms with Crippen molar-refractivity contribution in [3.05, 3.63) is 35.2 Å². The van der Waals surface area contributed by atoms with E-state index in [1.165, 1.54) is 30.3 Å². The second-order valence-corrected chi connectivity index (χ2v) is 5.73. The van der Waals surface area contributed by atoms with E-state index in [9.17, 15) is 14.4 Å². The number of ether oxygens (including phenoxy) is 1. The van der Waals surface area contributed by atoms with E-state index in [4.69, 9.17) is 4.74 Å². The van der Waals surface area contributed by atoms with Gasteiger partial charge in [0.25, 0.3) is 5.91 Å². The Hall–Kier alpha value is -2.41. The van der Waals surface area contributed by atoms with Crippen LogP contribution in [0.3, 0.4) is 0 Å². The molecular weight excluding hydrogens is 304 g/mol. The lowest BCUT2D eigenvalue weighted by Gasteiger charge is -2.15. The standard InChI is InChI=1S/C15H16N2O4S/c1-16-13(18)8-17(2)14(19)9-21-15(20)12-7-10-5-3-4-6-11(10)22-12/h3-7H,8-9H2,1-2H3,(H,16,18). The van der Waals surface area contributed by atoms with Crippen molar-refractivity contribution in [2.45, 2.75) is 0 Å². The van der Waals surface area contributed by atoms with E-state index in [0.29, 0.717) is 4.88 Å². The summed E-state index contributed by atoms with van der Waals surface area (Å²) in [5.41, 5.74) is 0. The number of amides is 2. The van der Waals surface area contributed by atoms with Crippen molar-refractivity contribution >= 4 is 39.2 Å². The lowest BCUT2D eigenvalue weighted by atomic mass is 10.2. The molecule has 0 spiro atoms. The Kier molecular flexibility index (Phi) is 5.11. The molecule has 0 fully saturated rings. The number of carbonyl (C=O) groups is 3. The number of thiophene rings is 1. The maximum atomic E-state index is 12.0. The van der Waals surface area contributed by atoms with E-state index in [1.54, 1.807) is 6.07 Å². The van der Waals surface area contributed by atoms with Gasteiger partial charge in [-0.1, -0.05) is 18.2 Å². The highest BCUT2D eigenvalue weighted by Gasteiger charge is 2.16. The van der Waals surface area contributed by atoms with Gasteiger partial charge in [-0.25, -0.2) is 4.79 Å². The molecule has 0 aliphatic rings. The Morgan fingerprint density at radius 2 is 2.00 bits per heavy atom. The largest absolute Gasteiger partial charge is 0.451 e. The van der Waals surface area contributed by atoms with E-state index in [-0.39, 0.29) is 19.1 Å². The van der Waals surface area contributed by atoms with E-state index < -0.39 is 11.9 Å². The minimum Gasteiger partial charge on any atom is -0.451 e. The quantitative estimate of drug-likeness (QED) is 0.842. The number of nitrogens with zero attached hydrogens (tertiary/aromatic N) is 1. The molecule has 0 saturated heterocycles. The average Bonchev–Trinajstić information content (AvgIpc) is 2.96. The Morgan fingerprint density at radius 1 is 1.27 bits per heavy atom. The van der Waals surface area contributed by atoms with Crippen molar-refractivity contribution in [1.29, 1.82) is 0 Å². The Balaban J connectivity index is 1.92. The van der Waals surface area contributed by atoms with Crippen molar-refractivity contribution in [2.24, 2.45) is 0 Å². The zero-order valence-corrected chi connectivity index (χ0v) is 13.1. The van der Waals surface area contributed by atoms with Crippen LogP contribution in [-0.2, 0) is 14.3 Å². The summed E-state index contributed by atoms with van der Waals surface area (Å²) >= 11 is 1.32. The second kappa shape index (κ2) is 7.04. The van der Waals surface area contributed by atoms with Crippen LogP contribution < -0.4 is 5.32 Å². The van der Waals surface area contributed by atoms with Crippen LogP contribution in [0.1, 0.15) is 9.67 Å². The molecule has 22 heavy (non-hydrogen) atoms. The molecule has 2 aromatic rings. The van der Waals surface area contributed by atoms with Gasteiger partial charge in [0, 0.05) is 18.8 Å². The van der Waals surface area contributed by atoms with Crippen LogP contribution in [0, 0.1) is 0 Å². The summed E-state index contributed by atoms with van der Waals surface area (Å²) in [6.45, 7) is -0.462. The Labute approximate surface area is 131 Å². The maximum absolute atomic E-state index is 12.0. The number of nitrogens with one attached hydrogen (secondary N) is 1. The van der Waals surface area contributed by atoms with E-state index >= 15 is 0 Å². The number of fused-ring (bicyclic) bond motifs is 1. The summed E-state index contributed by atoms with van der Waals surface area (Å²) in [6, 6.07) is 9.34. The van der Waals surface area contributed by atoms with Gasteiger partial charge < -0.3 is 15.0 Å². The third-order valence-electron chi connectivity index (χ3n) is 3.04. The molecule has 7 heteroatoms. The smallest absolute Gasteiger partial charge is 0.348 e. The molecule has 1 aromatic heterocycles. The van der Waals surface area contributed by atoms with Gasteiger partial charge in [0.15, 0.2) is 6.61 Å². The van der Waals surface area contributed by atoms with Gasteiger partial charge in [-0.2, -0.15) is 0 Å².